The van der Waals surface area contributed by atoms with Gasteiger partial charge in [-0.05, 0) is 98.0 Å². The Bertz CT molecular complexity index is 1240. The van der Waals surface area contributed by atoms with Crippen LogP contribution in [-0.2, 0) is 16.1 Å². The Morgan fingerprint density at radius 2 is 1.37 bits per heavy atom. The molecule has 0 fully saturated rings. The molecule has 0 bridgehead atoms. The Balaban J connectivity index is 1.55. The number of rotatable bonds is 10. The first kappa shape index (κ1) is 24.5. The van der Waals surface area contributed by atoms with E-state index in [1.54, 1.807) is 7.11 Å². The molecule has 5 heteroatoms. The van der Waals surface area contributed by atoms with Crippen molar-refractivity contribution in [1.29, 1.82) is 0 Å². The van der Waals surface area contributed by atoms with E-state index >= 15 is 0 Å². The second-order valence-electron chi connectivity index (χ2n) is 8.72. The van der Waals surface area contributed by atoms with Gasteiger partial charge in [-0.2, -0.15) is 5.48 Å². The molecule has 0 aliphatic heterocycles. The smallest absolute Gasteiger partial charge is 0.147 e. The minimum absolute atomic E-state index is 0.250. The van der Waals surface area contributed by atoms with Crippen molar-refractivity contribution in [2.24, 2.45) is 0 Å². The molecule has 0 aliphatic rings. The van der Waals surface area contributed by atoms with Gasteiger partial charge in [0.1, 0.15) is 6.73 Å². The van der Waals surface area contributed by atoms with Crippen LogP contribution in [0.5, 0.6) is 0 Å². The van der Waals surface area contributed by atoms with Crippen LogP contribution >= 0.6 is 0 Å². The SMILES string of the molecule is CONCONc1cccc(Cc2ccc(N(c3ccc(C)cc3)c3ccc(C)c(C)c3)cc2)c1. The van der Waals surface area contributed by atoms with Gasteiger partial charge in [-0.3, -0.25) is 10.3 Å². The fraction of sp³-hybridized carbons (Fsp3) is 0.200. The fourth-order valence-corrected chi connectivity index (χ4v) is 3.96. The van der Waals surface area contributed by atoms with Gasteiger partial charge in [-0.25, -0.2) is 0 Å². The minimum atomic E-state index is 0.250. The zero-order valence-corrected chi connectivity index (χ0v) is 20.8. The Hall–Kier alpha value is -3.64. The van der Waals surface area contributed by atoms with Gasteiger partial charge in [0.2, 0.25) is 0 Å². The number of nitrogens with one attached hydrogen (secondary N) is 2. The highest BCUT2D eigenvalue weighted by Crippen LogP contribution is 2.35. The lowest BCUT2D eigenvalue weighted by Gasteiger charge is -2.26. The van der Waals surface area contributed by atoms with Crippen molar-refractivity contribution >= 4 is 22.7 Å². The summed E-state index contributed by atoms with van der Waals surface area (Å²) in [5, 5.41) is 0. The van der Waals surface area contributed by atoms with Gasteiger partial charge >= 0.3 is 0 Å². The first-order valence-corrected chi connectivity index (χ1v) is 11.8. The lowest BCUT2D eigenvalue weighted by Crippen LogP contribution is -2.18. The molecule has 0 atom stereocenters. The van der Waals surface area contributed by atoms with Gasteiger partial charge in [0.05, 0.1) is 12.8 Å². The summed E-state index contributed by atoms with van der Waals surface area (Å²) in [7, 11) is 1.55. The molecular formula is C30H33N3O2. The molecular weight excluding hydrogens is 434 g/mol. The molecule has 0 saturated carbocycles. The zero-order chi connectivity index (χ0) is 24.6. The molecule has 0 saturated heterocycles. The van der Waals surface area contributed by atoms with Crippen molar-refractivity contribution in [3.05, 3.63) is 119 Å². The zero-order valence-electron chi connectivity index (χ0n) is 20.8. The first-order chi connectivity index (χ1) is 17.0. The van der Waals surface area contributed by atoms with E-state index < -0.39 is 0 Å². The summed E-state index contributed by atoms with van der Waals surface area (Å²) in [6, 6.07) is 32.4. The molecule has 4 rings (SSSR count). The molecule has 4 aromatic carbocycles. The quantitative estimate of drug-likeness (QED) is 0.148. The molecule has 5 nitrogen and oxygen atoms in total. The second-order valence-corrected chi connectivity index (χ2v) is 8.72. The van der Waals surface area contributed by atoms with Crippen molar-refractivity contribution < 1.29 is 9.68 Å². The van der Waals surface area contributed by atoms with Gasteiger partial charge in [0, 0.05) is 17.1 Å². The van der Waals surface area contributed by atoms with Crippen LogP contribution in [0.15, 0.2) is 91.0 Å². The van der Waals surface area contributed by atoms with E-state index in [0.29, 0.717) is 0 Å². The molecule has 35 heavy (non-hydrogen) atoms. The van der Waals surface area contributed by atoms with Crippen LogP contribution < -0.4 is 15.9 Å². The molecule has 0 aliphatic carbocycles. The topological polar surface area (TPSA) is 45.8 Å². The molecule has 0 aromatic heterocycles. The third-order valence-electron chi connectivity index (χ3n) is 6.04. The van der Waals surface area contributed by atoms with Gasteiger partial charge in [0.15, 0.2) is 0 Å². The Morgan fingerprint density at radius 3 is 2.06 bits per heavy atom. The lowest BCUT2D eigenvalue weighted by molar-refractivity contribution is 0.0111. The van der Waals surface area contributed by atoms with Crippen molar-refractivity contribution in [3.8, 4) is 0 Å². The van der Waals surface area contributed by atoms with Crippen LogP contribution in [0.2, 0.25) is 0 Å². The molecule has 180 valence electrons. The first-order valence-electron chi connectivity index (χ1n) is 11.8. The maximum absolute atomic E-state index is 5.32. The van der Waals surface area contributed by atoms with Crippen molar-refractivity contribution in [1.82, 2.24) is 5.48 Å². The molecule has 2 N–H and O–H groups in total. The van der Waals surface area contributed by atoms with Crippen LogP contribution in [0, 0.1) is 20.8 Å². The lowest BCUT2D eigenvalue weighted by atomic mass is 10.0. The van der Waals surface area contributed by atoms with Gasteiger partial charge in [-0.15, -0.1) is 0 Å². The minimum Gasteiger partial charge on any atom is -0.310 e. The van der Waals surface area contributed by atoms with Crippen LogP contribution in [-0.4, -0.2) is 13.8 Å². The maximum atomic E-state index is 5.32. The van der Waals surface area contributed by atoms with E-state index in [1.807, 2.05) is 12.1 Å². The Kier molecular flexibility index (Phi) is 8.16. The second kappa shape index (κ2) is 11.7. The number of hydroxylamine groups is 1. The summed E-state index contributed by atoms with van der Waals surface area (Å²) in [4.78, 5) is 12.4. The summed E-state index contributed by atoms with van der Waals surface area (Å²) in [6.45, 7) is 6.68. The summed E-state index contributed by atoms with van der Waals surface area (Å²) in [6.07, 6.45) is 0.834. The van der Waals surface area contributed by atoms with Gasteiger partial charge in [0.25, 0.3) is 0 Å². The van der Waals surface area contributed by atoms with Gasteiger partial charge < -0.3 is 9.74 Å². The van der Waals surface area contributed by atoms with Crippen molar-refractivity contribution in [2.45, 2.75) is 27.2 Å². The maximum Gasteiger partial charge on any atom is 0.147 e. The van der Waals surface area contributed by atoms with Crippen LogP contribution in [0.4, 0.5) is 22.7 Å². The molecule has 4 aromatic rings. The Labute approximate surface area is 208 Å². The van der Waals surface area contributed by atoms with Gasteiger partial charge in [-0.1, -0.05) is 48.0 Å². The highest BCUT2D eigenvalue weighted by molar-refractivity contribution is 5.77. The molecule has 0 radical (unpaired) electrons. The summed E-state index contributed by atoms with van der Waals surface area (Å²) in [5.74, 6) is 0. The van der Waals surface area contributed by atoms with Crippen LogP contribution in [0.1, 0.15) is 27.8 Å². The van der Waals surface area contributed by atoms with Crippen molar-refractivity contribution in [2.75, 3.05) is 24.2 Å². The summed E-state index contributed by atoms with van der Waals surface area (Å²) < 4.78 is 0. The third-order valence-corrected chi connectivity index (χ3v) is 6.04. The van der Waals surface area contributed by atoms with E-state index in [2.05, 4.69) is 115 Å². The van der Waals surface area contributed by atoms with Crippen LogP contribution in [0.25, 0.3) is 0 Å². The number of nitrogens with zero attached hydrogens (tertiary/aromatic N) is 1. The number of aryl methyl sites for hydroxylation is 3. The van der Waals surface area contributed by atoms with E-state index in [0.717, 1.165) is 29.2 Å². The predicted octanol–water partition coefficient (Wildman–Crippen LogP) is 7.12. The summed E-state index contributed by atoms with van der Waals surface area (Å²) >= 11 is 0. The predicted molar refractivity (Wildman–Crippen MR) is 144 cm³/mol. The third kappa shape index (κ3) is 6.49. The highest BCUT2D eigenvalue weighted by Gasteiger charge is 2.13. The van der Waals surface area contributed by atoms with Crippen LogP contribution in [0.3, 0.4) is 0 Å². The summed E-state index contributed by atoms with van der Waals surface area (Å²) in [5.41, 5.74) is 16.2. The molecule has 0 heterocycles. The number of benzene rings is 4. The average Bonchev–Trinajstić information content (AvgIpc) is 2.87. The number of hydrogen-bond donors (Lipinski definition) is 2. The monoisotopic (exact) mass is 467 g/mol. The average molecular weight is 468 g/mol. The highest BCUT2D eigenvalue weighted by atomic mass is 16.7. The fourth-order valence-electron chi connectivity index (χ4n) is 3.96. The van der Waals surface area contributed by atoms with E-state index in [9.17, 15) is 0 Å². The molecule has 0 unspecified atom stereocenters. The van der Waals surface area contributed by atoms with Crippen molar-refractivity contribution in [3.63, 3.8) is 0 Å². The normalized spacial score (nSPS) is 10.9. The number of hydrogen-bond acceptors (Lipinski definition) is 5. The number of anilines is 4. The van der Waals surface area contributed by atoms with E-state index in [1.165, 1.54) is 27.8 Å². The standard InChI is InChI=1S/C30H33N3O2/c1-22-8-13-28(14-9-22)33(30-15-10-23(2)24(3)18-30)29-16-11-25(12-17-29)19-26-6-5-7-27(20-26)32-35-21-31-34-4/h5-18,20,31-32H,19,21H2,1-4H3. The van der Waals surface area contributed by atoms with E-state index in [-0.39, 0.29) is 6.73 Å². The largest absolute Gasteiger partial charge is 0.310 e. The molecule has 0 spiro atoms. The molecule has 0 amide bonds. The van der Waals surface area contributed by atoms with E-state index in [4.69, 9.17) is 9.68 Å². The Morgan fingerprint density at radius 1 is 0.686 bits per heavy atom.